The molecule has 0 bridgehead atoms. The van der Waals surface area contributed by atoms with Crippen molar-refractivity contribution in [2.75, 3.05) is 45.9 Å². The van der Waals surface area contributed by atoms with E-state index in [4.69, 9.17) is 4.74 Å². The third-order valence-electron chi connectivity index (χ3n) is 5.16. The Morgan fingerprint density at radius 1 is 1.28 bits per heavy atom. The Morgan fingerprint density at radius 2 is 2.08 bits per heavy atom. The van der Waals surface area contributed by atoms with Crippen molar-refractivity contribution >= 4 is 17.2 Å². The Labute approximate surface area is 151 Å². The van der Waals surface area contributed by atoms with Gasteiger partial charge in [0.15, 0.2) is 0 Å². The summed E-state index contributed by atoms with van der Waals surface area (Å²) in [5.74, 6) is 0.783. The Hall–Kier alpha value is -1.70. The van der Waals surface area contributed by atoms with Crippen molar-refractivity contribution in [3.05, 3.63) is 29.3 Å². The van der Waals surface area contributed by atoms with Gasteiger partial charge in [-0.05, 0) is 30.2 Å². The van der Waals surface area contributed by atoms with Crippen molar-refractivity contribution in [2.24, 2.45) is 5.92 Å². The lowest BCUT2D eigenvalue weighted by Gasteiger charge is -2.36. The first-order valence-corrected chi connectivity index (χ1v) is 9.86. The second-order valence-corrected chi connectivity index (χ2v) is 7.73. The number of piperidine rings is 1. The highest BCUT2D eigenvalue weighted by Crippen LogP contribution is 2.28. The fourth-order valence-electron chi connectivity index (χ4n) is 3.69. The molecule has 2 aliphatic heterocycles. The Kier molecular flexibility index (Phi) is 5.14. The number of morpholine rings is 1. The Bertz CT molecular complexity index is 686. The summed E-state index contributed by atoms with van der Waals surface area (Å²) in [6.45, 7) is 6.59. The number of aromatic nitrogens is 2. The van der Waals surface area contributed by atoms with Crippen molar-refractivity contribution in [2.45, 2.75) is 12.8 Å². The van der Waals surface area contributed by atoms with Crippen molar-refractivity contribution in [3.63, 3.8) is 0 Å². The molecule has 7 heteroatoms. The molecule has 2 fully saturated rings. The van der Waals surface area contributed by atoms with Crippen LogP contribution in [0.25, 0.3) is 10.6 Å². The topological polar surface area (TPSA) is 61.5 Å². The monoisotopic (exact) mass is 360 g/mol. The number of carbonyl (C=O) groups excluding carboxylic acids is 1. The van der Waals surface area contributed by atoms with Gasteiger partial charge in [0, 0.05) is 32.7 Å². The summed E-state index contributed by atoms with van der Waals surface area (Å²) in [4.78, 5) is 18.5. The van der Waals surface area contributed by atoms with E-state index in [1.807, 2.05) is 22.4 Å². The molecular formula is C18H24N4O2S. The van der Waals surface area contributed by atoms with Gasteiger partial charge < -0.3 is 9.64 Å². The molecule has 0 aromatic carbocycles. The van der Waals surface area contributed by atoms with Gasteiger partial charge in [-0.3, -0.25) is 14.8 Å². The molecule has 4 heterocycles. The summed E-state index contributed by atoms with van der Waals surface area (Å²) in [5, 5.41) is 9.10. The van der Waals surface area contributed by atoms with E-state index >= 15 is 0 Å². The predicted molar refractivity (Wildman–Crippen MR) is 97.8 cm³/mol. The van der Waals surface area contributed by atoms with Gasteiger partial charge in [-0.25, -0.2) is 0 Å². The van der Waals surface area contributed by atoms with E-state index in [1.165, 1.54) is 0 Å². The minimum absolute atomic E-state index is 0.0990. The highest BCUT2D eigenvalue weighted by atomic mass is 32.1. The average Bonchev–Trinajstić information content (AvgIpc) is 3.34. The molecule has 0 saturated carbocycles. The number of carbonyl (C=O) groups is 1. The van der Waals surface area contributed by atoms with Crippen LogP contribution in [0.3, 0.4) is 0 Å². The predicted octanol–water partition coefficient (Wildman–Crippen LogP) is 2.32. The van der Waals surface area contributed by atoms with E-state index in [1.54, 1.807) is 17.5 Å². The molecule has 1 amide bonds. The Balaban J connectivity index is 1.35. The molecule has 2 aliphatic rings. The van der Waals surface area contributed by atoms with E-state index in [2.05, 4.69) is 15.1 Å². The fourth-order valence-corrected chi connectivity index (χ4v) is 4.43. The number of likely N-dealkylation sites (tertiary alicyclic amines) is 1. The molecule has 25 heavy (non-hydrogen) atoms. The number of thiophene rings is 1. The molecule has 0 radical (unpaired) electrons. The van der Waals surface area contributed by atoms with E-state index in [0.29, 0.717) is 11.5 Å². The van der Waals surface area contributed by atoms with Gasteiger partial charge in [0.25, 0.3) is 5.91 Å². The van der Waals surface area contributed by atoms with Crippen molar-refractivity contribution < 1.29 is 9.53 Å². The molecule has 134 valence electrons. The lowest BCUT2D eigenvalue weighted by molar-refractivity contribution is 0.0243. The van der Waals surface area contributed by atoms with Crippen molar-refractivity contribution in [3.8, 4) is 10.6 Å². The zero-order chi connectivity index (χ0) is 17.1. The number of amides is 1. The molecule has 1 N–H and O–H groups in total. The van der Waals surface area contributed by atoms with Gasteiger partial charge >= 0.3 is 0 Å². The minimum atomic E-state index is 0.0990. The van der Waals surface area contributed by atoms with Gasteiger partial charge in [0.05, 0.1) is 35.5 Å². The highest BCUT2D eigenvalue weighted by Gasteiger charge is 2.27. The number of rotatable bonds is 4. The normalized spacial score (nSPS) is 20.1. The van der Waals surface area contributed by atoms with Crippen LogP contribution in [0.2, 0.25) is 0 Å². The van der Waals surface area contributed by atoms with E-state index in [-0.39, 0.29) is 5.91 Å². The summed E-state index contributed by atoms with van der Waals surface area (Å²) in [6.07, 6.45) is 3.82. The first kappa shape index (κ1) is 16.8. The summed E-state index contributed by atoms with van der Waals surface area (Å²) < 4.78 is 5.42. The van der Waals surface area contributed by atoms with Gasteiger partial charge in [-0.1, -0.05) is 6.07 Å². The van der Waals surface area contributed by atoms with E-state index in [9.17, 15) is 4.79 Å². The SMILES string of the molecule is O=C(c1cn[nH]c1-c1cccs1)N1CCC(CN2CCOCC2)CC1. The number of H-pyrrole nitrogens is 1. The maximum atomic E-state index is 12.9. The van der Waals surface area contributed by atoms with Crippen LogP contribution in [0.5, 0.6) is 0 Å². The number of ether oxygens (including phenoxy) is 1. The van der Waals surface area contributed by atoms with Crippen LogP contribution in [0.4, 0.5) is 0 Å². The molecular weight excluding hydrogens is 336 g/mol. The van der Waals surface area contributed by atoms with Crippen LogP contribution in [0.1, 0.15) is 23.2 Å². The van der Waals surface area contributed by atoms with Crippen LogP contribution in [-0.2, 0) is 4.74 Å². The van der Waals surface area contributed by atoms with Crippen LogP contribution in [0, 0.1) is 5.92 Å². The molecule has 2 saturated heterocycles. The number of nitrogens with zero attached hydrogens (tertiary/aromatic N) is 3. The summed E-state index contributed by atoms with van der Waals surface area (Å²) >= 11 is 1.62. The molecule has 0 atom stereocenters. The number of hydrogen-bond donors (Lipinski definition) is 1. The quantitative estimate of drug-likeness (QED) is 0.909. The largest absolute Gasteiger partial charge is 0.379 e. The lowest BCUT2D eigenvalue weighted by Crippen LogP contribution is -2.44. The van der Waals surface area contributed by atoms with Gasteiger partial charge in [-0.15, -0.1) is 11.3 Å². The van der Waals surface area contributed by atoms with Crippen LogP contribution in [0.15, 0.2) is 23.7 Å². The maximum absolute atomic E-state index is 12.9. The Morgan fingerprint density at radius 3 is 2.80 bits per heavy atom. The van der Waals surface area contributed by atoms with Gasteiger partial charge in [-0.2, -0.15) is 5.10 Å². The van der Waals surface area contributed by atoms with Crippen LogP contribution < -0.4 is 0 Å². The summed E-state index contributed by atoms with van der Waals surface area (Å²) in [5.41, 5.74) is 1.53. The average molecular weight is 360 g/mol. The number of nitrogens with one attached hydrogen (secondary N) is 1. The molecule has 0 unspecified atom stereocenters. The van der Waals surface area contributed by atoms with E-state index in [0.717, 1.165) is 69.4 Å². The molecule has 2 aromatic rings. The highest BCUT2D eigenvalue weighted by molar-refractivity contribution is 7.13. The summed E-state index contributed by atoms with van der Waals surface area (Å²) in [7, 11) is 0. The smallest absolute Gasteiger partial charge is 0.257 e. The van der Waals surface area contributed by atoms with Crippen molar-refractivity contribution in [1.82, 2.24) is 20.0 Å². The second kappa shape index (κ2) is 7.68. The minimum Gasteiger partial charge on any atom is -0.379 e. The zero-order valence-corrected chi connectivity index (χ0v) is 15.1. The molecule has 2 aromatic heterocycles. The fraction of sp³-hybridized carbons (Fsp3) is 0.556. The third-order valence-corrected chi connectivity index (χ3v) is 6.05. The first-order valence-electron chi connectivity index (χ1n) is 8.98. The molecule has 4 rings (SSSR count). The molecule has 0 aliphatic carbocycles. The summed E-state index contributed by atoms with van der Waals surface area (Å²) in [6, 6.07) is 4.01. The van der Waals surface area contributed by atoms with Gasteiger partial charge in [0.2, 0.25) is 0 Å². The maximum Gasteiger partial charge on any atom is 0.257 e. The standard InChI is InChI=1S/C18H24N4O2S/c23-18(15-12-19-20-17(15)16-2-1-11-25-16)22-5-3-14(4-6-22)13-21-7-9-24-10-8-21/h1-2,11-12,14H,3-10,13H2,(H,19,20). The molecule has 0 spiro atoms. The first-order chi connectivity index (χ1) is 12.3. The van der Waals surface area contributed by atoms with Gasteiger partial charge in [0.1, 0.15) is 0 Å². The number of hydrogen-bond acceptors (Lipinski definition) is 5. The third kappa shape index (κ3) is 3.78. The number of aromatic amines is 1. The van der Waals surface area contributed by atoms with Crippen molar-refractivity contribution in [1.29, 1.82) is 0 Å². The second-order valence-electron chi connectivity index (χ2n) is 6.78. The zero-order valence-electron chi connectivity index (χ0n) is 14.3. The lowest BCUT2D eigenvalue weighted by atomic mass is 9.95. The van der Waals surface area contributed by atoms with E-state index < -0.39 is 0 Å². The van der Waals surface area contributed by atoms with Crippen LogP contribution in [-0.4, -0.2) is 71.8 Å². The van der Waals surface area contributed by atoms with Crippen LogP contribution >= 0.6 is 11.3 Å². The molecule has 6 nitrogen and oxygen atoms in total.